The van der Waals surface area contributed by atoms with E-state index in [9.17, 15) is 9.59 Å². The maximum absolute atomic E-state index is 11.7. The molecule has 0 unspecified atom stereocenters. The zero-order valence-corrected chi connectivity index (χ0v) is 11.7. The number of amides is 1. The molecule has 5 nitrogen and oxygen atoms in total. The van der Waals surface area contributed by atoms with Gasteiger partial charge in [-0.15, -0.1) is 0 Å². The summed E-state index contributed by atoms with van der Waals surface area (Å²) in [5, 5.41) is 3.15. The lowest BCUT2D eigenvalue weighted by Gasteiger charge is -2.09. The predicted octanol–water partition coefficient (Wildman–Crippen LogP) is 1.99. The van der Waals surface area contributed by atoms with Crippen LogP contribution >= 0.6 is 11.6 Å². The van der Waals surface area contributed by atoms with Gasteiger partial charge in [-0.1, -0.05) is 11.6 Å². The second-order valence-electron chi connectivity index (χ2n) is 4.34. The Morgan fingerprint density at radius 2 is 2.11 bits per heavy atom. The number of nitrogens with one attached hydrogen (secondary N) is 1. The summed E-state index contributed by atoms with van der Waals surface area (Å²) in [6.07, 6.45) is 0.122. The molecule has 3 N–H and O–H groups in total. The predicted molar refractivity (Wildman–Crippen MR) is 74.0 cm³/mol. The Hall–Kier alpha value is -1.75. The van der Waals surface area contributed by atoms with E-state index in [1.807, 2.05) is 13.8 Å². The van der Waals surface area contributed by atoms with Crippen molar-refractivity contribution in [3.05, 3.63) is 28.8 Å². The van der Waals surface area contributed by atoms with Crippen LogP contribution in [0.25, 0.3) is 0 Å². The molecule has 0 saturated heterocycles. The van der Waals surface area contributed by atoms with Gasteiger partial charge in [-0.2, -0.15) is 0 Å². The van der Waals surface area contributed by atoms with E-state index in [0.717, 1.165) is 0 Å². The first-order chi connectivity index (χ1) is 8.90. The Morgan fingerprint density at radius 3 is 2.68 bits per heavy atom. The van der Waals surface area contributed by atoms with Crippen LogP contribution in [0, 0.1) is 0 Å². The first kappa shape index (κ1) is 15.3. The number of carbonyl (C=O) groups is 2. The minimum atomic E-state index is -0.563. The van der Waals surface area contributed by atoms with Crippen molar-refractivity contribution in [1.82, 2.24) is 5.32 Å². The number of carbonyl (C=O) groups excluding carboxylic acids is 2. The molecular weight excluding hydrogens is 268 g/mol. The van der Waals surface area contributed by atoms with Gasteiger partial charge in [0.15, 0.2) is 0 Å². The van der Waals surface area contributed by atoms with Crippen molar-refractivity contribution in [2.24, 2.45) is 0 Å². The first-order valence-electron chi connectivity index (χ1n) is 5.91. The van der Waals surface area contributed by atoms with Gasteiger partial charge in [-0.25, -0.2) is 4.79 Å². The van der Waals surface area contributed by atoms with Gasteiger partial charge >= 0.3 is 5.97 Å². The summed E-state index contributed by atoms with van der Waals surface area (Å²) in [5.74, 6) is -0.724. The van der Waals surface area contributed by atoms with Gasteiger partial charge in [-0.05, 0) is 32.0 Å². The van der Waals surface area contributed by atoms with Crippen LogP contribution < -0.4 is 11.1 Å². The summed E-state index contributed by atoms with van der Waals surface area (Å²) < 4.78 is 4.98. The Balaban J connectivity index is 2.45. The molecule has 0 radical (unpaired) electrons. The van der Waals surface area contributed by atoms with Gasteiger partial charge in [-0.3, -0.25) is 4.79 Å². The smallest absolute Gasteiger partial charge is 0.340 e. The van der Waals surface area contributed by atoms with Crippen LogP contribution in [0.2, 0.25) is 5.02 Å². The van der Waals surface area contributed by atoms with Gasteiger partial charge < -0.3 is 15.8 Å². The number of hydrogen-bond acceptors (Lipinski definition) is 4. The minimum Gasteiger partial charge on any atom is -0.461 e. The second kappa shape index (κ2) is 6.99. The minimum absolute atomic E-state index is 0.0133. The molecule has 1 rings (SSSR count). The fraction of sp³-hybridized carbons (Fsp3) is 0.385. The largest absolute Gasteiger partial charge is 0.461 e. The quantitative estimate of drug-likeness (QED) is 0.640. The van der Waals surface area contributed by atoms with Crippen molar-refractivity contribution < 1.29 is 14.3 Å². The van der Waals surface area contributed by atoms with Crippen molar-refractivity contribution in [2.75, 3.05) is 12.3 Å². The SMILES string of the molecule is CC(C)NC(=O)CCOC(=O)c1ccc(Cl)cc1N. The summed E-state index contributed by atoms with van der Waals surface area (Å²) in [6.45, 7) is 3.73. The third kappa shape index (κ3) is 5.18. The molecule has 0 aliphatic carbocycles. The fourth-order valence-electron chi connectivity index (χ4n) is 1.43. The van der Waals surface area contributed by atoms with Crippen molar-refractivity contribution >= 4 is 29.2 Å². The molecule has 1 amide bonds. The van der Waals surface area contributed by atoms with E-state index in [4.69, 9.17) is 22.1 Å². The van der Waals surface area contributed by atoms with Gasteiger partial charge in [0.1, 0.15) is 6.61 Å². The number of hydrogen-bond donors (Lipinski definition) is 2. The van der Waals surface area contributed by atoms with E-state index >= 15 is 0 Å². The van der Waals surface area contributed by atoms with Gasteiger partial charge in [0.2, 0.25) is 5.91 Å². The molecule has 19 heavy (non-hydrogen) atoms. The van der Waals surface area contributed by atoms with Crippen LogP contribution in [0.15, 0.2) is 18.2 Å². The van der Waals surface area contributed by atoms with Crippen molar-refractivity contribution in [1.29, 1.82) is 0 Å². The van der Waals surface area contributed by atoms with Crippen molar-refractivity contribution in [3.8, 4) is 0 Å². The third-order valence-electron chi connectivity index (χ3n) is 2.25. The molecule has 0 spiro atoms. The van der Waals surface area contributed by atoms with Crippen molar-refractivity contribution in [2.45, 2.75) is 26.3 Å². The Morgan fingerprint density at radius 1 is 1.42 bits per heavy atom. The average Bonchev–Trinajstić information content (AvgIpc) is 2.27. The summed E-state index contributed by atoms with van der Waals surface area (Å²) >= 11 is 5.73. The molecule has 1 aromatic rings. The summed E-state index contributed by atoms with van der Waals surface area (Å²) in [7, 11) is 0. The van der Waals surface area contributed by atoms with Crippen LogP contribution in [0.5, 0.6) is 0 Å². The normalized spacial score (nSPS) is 10.3. The lowest BCUT2D eigenvalue weighted by Crippen LogP contribution is -2.31. The number of ether oxygens (including phenoxy) is 1. The molecule has 0 bridgehead atoms. The van der Waals surface area contributed by atoms with Gasteiger partial charge in [0.05, 0.1) is 12.0 Å². The number of benzene rings is 1. The number of rotatable bonds is 5. The highest BCUT2D eigenvalue weighted by atomic mass is 35.5. The Bertz CT molecular complexity index is 475. The molecule has 0 saturated carbocycles. The van der Waals surface area contributed by atoms with E-state index in [-0.39, 0.29) is 36.2 Å². The summed E-state index contributed by atoms with van der Waals surface area (Å²) in [5.41, 5.74) is 6.15. The molecule has 104 valence electrons. The highest BCUT2D eigenvalue weighted by Crippen LogP contribution is 2.18. The average molecular weight is 285 g/mol. The number of anilines is 1. The zero-order valence-electron chi connectivity index (χ0n) is 10.9. The second-order valence-corrected chi connectivity index (χ2v) is 4.78. The molecule has 0 fully saturated rings. The molecule has 0 aliphatic rings. The molecule has 0 heterocycles. The van der Waals surface area contributed by atoms with Crippen LogP contribution in [-0.2, 0) is 9.53 Å². The topological polar surface area (TPSA) is 81.4 Å². The highest BCUT2D eigenvalue weighted by Gasteiger charge is 2.12. The zero-order chi connectivity index (χ0) is 14.4. The van der Waals surface area contributed by atoms with E-state index in [1.54, 1.807) is 6.07 Å². The molecule has 0 aromatic heterocycles. The highest BCUT2D eigenvalue weighted by molar-refractivity contribution is 6.31. The Labute approximate surface area is 117 Å². The maximum atomic E-state index is 11.7. The molecular formula is C13H17ClN2O3. The van der Waals surface area contributed by atoms with Crippen LogP contribution in [-0.4, -0.2) is 24.5 Å². The van der Waals surface area contributed by atoms with E-state index < -0.39 is 5.97 Å². The fourth-order valence-corrected chi connectivity index (χ4v) is 1.61. The Kier molecular flexibility index (Phi) is 5.63. The molecule has 6 heteroatoms. The first-order valence-corrected chi connectivity index (χ1v) is 6.29. The number of nitrogens with two attached hydrogens (primary N) is 1. The van der Waals surface area contributed by atoms with E-state index in [0.29, 0.717) is 5.02 Å². The maximum Gasteiger partial charge on any atom is 0.340 e. The van der Waals surface area contributed by atoms with Crippen LogP contribution in [0.3, 0.4) is 0 Å². The van der Waals surface area contributed by atoms with Gasteiger partial charge in [0.25, 0.3) is 0 Å². The summed E-state index contributed by atoms with van der Waals surface area (Å²) in [6, 6.07) is 4.59. The van der Waals surface area contributed by atoms with Crippen molar-refractivity contribution in [3.63, 3.8) is 0 Å². The molecule has 0 aliphatic heterocycles. The molecule has 0 atom stereocenters. The number of nitrogen functional groups attached to an aromatic ring is 1. The lowest BCUT2D eigenvalue weighted by molar-refractivity contribution is -0.122. The number of esters is 1. The third-order valence-corrected chi connectivity index (χ3v) is 2.48. The van der Waals surface area contributed by atoms with E-state index in [1.165, 1.54) is 12.1 Å². The monoisotopic (exact) mass is 284 g/mol. The van der Waals surface area contributed by atoms with E-state index in [2.05, 4.69) is 5.32 Å². The van der Waals surface area contributed by atoms with Crippen LogP contribution in [0.4, 0.5) is 5.69 Å². The molecule has 1 aromatic carbocycles. The lowest BCUT2D eigenvalue weighted by atomic mass is 10.2. The van der Waals surface area contributed by atoms with Gasteiger partial charge in [0, 0.05) is 16.8 Å². The van der Waals surface area contributed by atoms with Crippen LogP contribution in [0.1, 0.15) is 30.6 Å². The summed E-state index contributed by atoms with van der Waals surface area (Å²) in [4.78, 5) is 23.0. The number of halogens is 1. The standard InChI is InChI=1S/C13H17ClN2O3/c1-8(2)16-12(17)5-6-19-13(18)10-4-3-9(14)7-11(10)15/h3-4,7-8H,5-6,15H2,1-2H3,(H,16,17).